The molecular formula is C23H22F3N5O2. The van der Waals surface area contributed by atoms with E-state index in [1.165, 1.54) is 0 Å². The van der Waals surface area contributed by atoms with Crippen molar-refractivity contribution >= 4 is 22.8 Å². The normalized spacial score (nSPS) is 15.0. The Morgan fingerprint density at radius 2 is 1.67 bits per heavy atom. The van der Waals surface area contributed by atoms with Crippen molar-refractivity contribution in [1.29, 1.82) is 0 Å². The summed E-state index contributed by atoms with van der Waals surface area (Å²) in [6, 6.07) is 7.57. The zero-order valence-corrected chi connectivity index (χ0v) is 17.7. The fraction of sp³-hybridized carbons (Fsp3) is 0.304. The molecule has 1 saturated heterocycles. The van der Waals surface area contributed by atoms with Gasteiger partial charge in [-0.05, 0) is 42.3 Å². The monoisotopic (exact) mass is 457 g/mol. The SMILES string of the molecule is N[C@@H](CC(=O)N1CCN(C(=O)c2ccc3cccnc3n2)CC1)Cc1cc(F)c(F)cc1F. The minimum absolute atomic E-state index is 0.0791. The first kappa shape index (κ1) is 22.7. The number of carbonyl (C=O) groups is 2. The molecule has 0 aliphatic carbocycles. The van der Waals surface area contributed by atoms with E-state index < -0.39 is 23.5 Å². The van der Waals surface area contributed by atoms with Crippen molar-refractivity contribution in [3.05, 3.63) is 71.3 Å². The molecule has 0 radical (unpaired) electrons. The molecule has 3 heterocycles. The second kappa shape index (κ2) is 9.53. The molecule has 0 unspecified atom stereocenters. The van der Waals surface area contributed by atoms with Crippen molar-refractivity contribution in [2.24, 2.45) is 5.73 Å². The molecule has 33 heavy (non-hydrogen) atoms. The van der Waals surface area contributed by atoms with Gasteiger partial charge in [0.05, 0.1) is 0 Å². The minimum Gasteiger partial charge on any atom is -0.339 e. The highest BCUT2D eigenvalue weighted by molar-refractivity contribution is 5.94. The van der Waals surface area contributed by atoms with Gasteiger partial charge in [-0.15, -0.1) is 0 Å². The van der Waals surface area contributed by atoms with E-state index >= 15 is 0 Å². The molecule has 1 fully saturated rings. The third kappa shape index (κ3) is 5.11. The third-order valence-corrected chi connectivity index (χ3v) is 5.61. The number of pyridine rings is 2. The van der Waals surface area contributed by atoms with Gasteiger partial charge in [0.2, 0.25) is 5.91 Å². The fourth-order valence-electron chi connectivity index (χ4n) is 3.82. The van der Waals surface area contributed by atoms with Crippen molar-refractivity contribution < 1.29 is 22.8 Å². The summed E-state index contributed by atoms with van der Waals surface area (Å²) in [7, 11) is 0. The number of amides is 2. The second-order valence-corrected chi connectivity index (χ2v) is 7.95. The zero-order chi connectivity index (χ0) is 23.5. The van der Waals surface area contributed by atoms with Gasteiger partial charge in [0.1, 0.15) is 11.5 Å². The molecule has 1 aliphatic heterocycles. The van der Waals surface area contributed by atoms with Crippen LogP contribution in [0.25, 0.3) is 11.0 Å². The van der Waals surface area contributed by atoms with E-state index in [0.717, 1.165) is 11.5 Å². The van der Waals surface area contributed by atoms with Crippen LogP contribution in [0.5, 0.6) is 0 Å². The van der Waals surface area contributed by atoms with E-state index in [4.69, 9.17) is 5.73 Å². The van der Waals surface area contributed by atoms with E-state index in [1.54, 1.807) is 34.2 Å². The van der Waals surface area contributed by atoms with Crippen LogP contribution >= 0.6 is 0 Å². The molecule has 4 rings (SSSR count). The van der Waals surface area contributed by atoms with Crippen LogP contribution in [0.4, 0.5) is 13.2 Å². The van der Waals surface area contributed by atoms with Gasteiger partial charge in [-0.3, -0.25) is 9.59 Å². The highest BCUT2D eigenvalue weighted by atomic mass is 19.2. The van der Waals surface area contributed by atoms with E-state index in [-0.39, 0.29) is 35.9 Å². The smallest absolute Gasteiger partial charge is 0.272 e. The number of nitrogens with two attached hydrogens (primary N) is 1. The molecule has 2 N–H and O–H groups in total. The predicted molar refractivity (Wildman–Crippen MR) is 115 cm³/mol. The summed E-state index contributed by atoms with van der Waals surface area (Å²) >= 11 is 0. The number of nitrogens with zero attached hydrogens (tertiary/aromatic N) is 4. The highest BCUT2D eigenvalue weighted by Gasteiger charge is 2.27. The summed E-state index contributed by atoms with van der Waals surface area (Å²) < 4.78 is 40.3. The molecule has 2 amide bonds. The molecule has 0 spiro atoms. The maximum Gasteiger partial charge on any atom is 0.272 e. The van der Waals surface area contributed by atoms with Gasteiger partial charge < -0.3 is 15.5 Å². The lowest BCUT2D eigenvalue weighted by Crippen LogP contribution is -2.51. The van der Waals surface area contributed by atoms with Crippen LogP contribution in [0.2, 0.25) is 0 Å². The largest absolute Gasteiger partial charge is 0.339 e. The average molecular weight is 457 g/mol. The number of fused-ring (bicyclic) bond motifs is 1. The minimum atomic E-state index is -1.27. The molecule has 0 bridgehead atoms. The number of piperazine rings is 1. The molecule has 1 aliphatic rings. The first-order chi connectivity index (χ1) is 15.8. The Morgan fingerprint density at radius 1 is 0.970 bits per heavy atom. The van der Waals surface area contributed by atoms with E-state index in [0.29, 0.717) is 37.9 Å². The van der Waals surface area contributed by atoms with E-state index in [9.17, 15) is 22.8 Å². The van der Waals surface area contributed by atoms with Crippen LogP contribution < -0.4 is 5.73 Å². The van der Waals surface area contributed by atoms with Gasteiger partial charge in [0, 0.05) is 56.3 Å². The molecule has 1 atom stereocenters. The summed E-state index contributed by atoms with van der Waals surface area (Å²) in [6.07, 6.45) is 1.43. The molecular weight excluding hydrogens is 435 g/mol. The Labute approximate surface area is 188 Å². The third-order valence-electron chi connectivity index (χ3n) is 5.61. The first-order valence-electron chi connectivity index (χ1n) is 10.5. The standard InChI is InChI=1S/C23H22F3N5O2/c24-17-13-19(26)18(25)11-15(17)10-16(27)12-21(32)30-6-8-31(9-7-30)23(33)20-4-3-14-2-1-5-28-22(14)29-20/h1-5,11,13,16H,6-10,12,27H2/t16-/m1/s1. The summed E-state index contributed by atoms with van der Waals surface area (Å²) in [5, 5.41) is 0.837. The van der Waals surface area contributed by atoms with E-state index in [2.05, 4.69) is 9.97 Å². The average Bonchev–Trinajstić information content (AvgIpc) is 2.81. The fourth-order valence-corrected chi connectivity index (χ4v) is 3.82. The number of rotatable bonds is 5. The van der Waals surface area contributed by atoms with Gasteiger partial charge in [0.25, 0.3) is 5.91 Å². The lowest BCUT2D eigenvalue weighted by molar-refractivity contribution is -0.133. The molecule has 1 aromatic carbocycles. The Bertz CT molecular complexity index is 1200. The molecule has 3 aromatic rings. The molecule has 7 nitrogen and oxygen atoms in total. The van der Waals surface area contributed by atoms with Gasteiger partial charge in [-0.25, -0.2) is 23.1 Å². The predicted octanol–water partition coefficient (Wildman–Crippen LogP) is 2.29. The van der Waals surface area contributed by atoms with Crippen molar-refractivity contribution in [2.75, 3.05) is 26.2 Å². The van der Waals surface area contributed by atoms with Crippen LogP contribution in [-0.4, -0.2) is 63.8 Å². The van der Waals surface area contributed by atoms with Crippen LogP contribution in [0.15, 0.2) is 42.6 Å². The van der Waals surface area contributed by atoms with Crippen molar-refractivity contribution in [1.82, 2.24) is 19.8 Å². The van der Waals surface area contributed by atoms with Crippen molar-refractivity contribution in [2.45, 2.75) is 18.9 Å². The Hall–Kier alpha value is -3.53. The quantitative estimate of drug-likeness (QED) is 0.594. The van der Waals surface area contributed by atoms with Crippen molar-refractivity contribution in [3.8, 4) is 0 Å². The Kier molecular flexibility index (Phi) is 6.55. The van der Waals surface area contributed by atoms with Crippen molar-refractivity contribution in [3.63, 3.8) is 0 Å². The summed E-state index contributed by atoms with van der Waals surface area (Å²) in [5.74, 6) is -3.82. The maximum atomic E-state index is 13.8. The van der Waals surface area contributed by atoms with Gasteiger partial charge in [-0.2, -0.15) is 0 Å². The number of carbonyl (C=O) groups excluding carboxylic acids is 2. The van der Waals surface area contributed by atoms with Gasteiger partial charge in [-0.1, -0.05) is 0 Å². The zero-order valence-electron chi connectivity index (χ0n) is 17.7. The molecule has 172 valence electrons. The summed E-state index contributed by atoms with van der Waals surface area (Å²) in [6.45, 7) is 1.31. The number of hydrogen-bond donors (Lipinski definition) is 1. The van der Waals surface area contributed by atoms with Gasteiger partial charge in [0.15, 0.2) is 17.3 Å². The maximum absolute atomic E-state index is 13.8. The topological polar surface area (TPSA) is 92.4 Å². The van der Waals surface area contributed by atoms with Gasteiger partial charge >= 0.3 is 0 Å². The van der Waals surface area contributed by atoms with Crippen LogP contribution in [0.3, 0.4) is 0 Å². The summed E-state index contributed by atoms with van der Waals surface area (Å²) in [5.41, 5.74) is 6.65. The lowest BCUT2D eigenvalue weighted by Gasteiger charge is -2.35. The molecule has 10 heteroatoms. The van der Waals surface area contributed by atoms with E-state index in [1.807, 2.05) is 6.07 Å². The number of halogens is 3. The van der Waals surface area contributed by atoms with Crippen LogP contribution in [0.1, 0.15) is 22.5 Å². The Morgan fingerprint density at radius 3 is 2.42 bits per heavy atom. The van der Waals surface area contributed by atoms with Crippen LogP contribution in [-0.2, 0) is 11.2 Å². The molecule has 0 saturated carbocycles. The Balaban J connectivity index is 1.31. The summed E-state index contributed by atoms with van der Waals surface area (Å²) in [4.78, 5) is 37.1. The highest BCUT2D eigenvalue weighted by Crippen LogP contribution is 2.17. The van der Waals surface area contributed by atoms with Crippen LogP contribution in [0, 0.1) is 17.5 Å². The number of benzene rings is 1. The lowest BCUT2D eigenvalue weighted by atomic mass is 10.0. The first-order valence-corrected chi connectivity index (χ1v) is 10.5. The number of hydrogen-bond acceptors (Lipinski definition) is 5. The second-order valence-electron chi connectivity index (χ2n) is 7.95. The number of aromatic nitrogens is 2. The molecule has 2 aromatic heterocycles.